The molecule has 1 N–H and O–H groups in total. The number of carbonyl (C=O) groups excluding carboxylic acids is 1. The summed E-state index contributed by atoms with van der Waals surface area (Å²) in [4.78, 5) is 13.7. The van der Waals surface area contributed by atoms with E-state index in [2.05, 4.69) is 5.32 Å². The summed E-state index contributed by atoms with van der Waals surface area (Å²) in [5, 5.41) is 7.82. The molecule has 0 radical (unpaired) electrons. The van der Waals surface area contributed by atoms with Crippen molar-refractivity contribution in [1.29, 1.82) is 0 Å². The average molecular weight is 458 g/mol. The van der Waals surface area contributed by atoms with E-state index in [9.17, 15) is 9.00 Å². The van der Waals surface area contributed by atoms with Crippen LogP contribution in [0.3, 0.4) is 0 Å². The van der Waals surface area contributed by atoms with Crippen molar-refractivity contribution in [3.8, 4) is 11.4 Å². The highest BCUT2D eigenvalue weighted by Crippen LogP contribution is 2.33. The van der Waals surface area contributed by atoms with Crippen molar-refractivity contribution in [1.82, 2.24) is 9.78 Å². The first-order chi connectivity index (χ1) is 16.1. The summed E-state index contributed by atoms with van der Waals surface area (Å²) in [6.07, 6.45) is 0. The van der Waals surface area contributed by atoms with Gasteiger partial charge in [0.1, 0.15) is 11.6 Å². The number of ether oxygens (including phenoxy) is 1. The molecule has 0 spiro atoms. The molecule has 0 saturated carbocycles. The Balaban J connectivity index is 1.56. The van der Waals surface area contributed by atoms with E-state index in [1.165, 1.54) is 0 Å². The monoisotopic (exact) mass is 457 g/mol. The first-order valence-corrected chi connectivity index (χ1v) is 12.1. The smallest absolute Gasteiger partial charge is 0.237 e. The number of aromatic nitrogens is 2. The summed E-state index contributed by atoms with van der Waals surface area (Å²) in [5.74, 6) is 1.42. The molecule has 0 bridgehead atoms. The van der Waals surface area contributed by atoms with Crippen LogP contribution in [0.4, 0.5) is 5.82 Å². The van der Waals surface area contributed by atoms with E-state index in [1.807, 2.05) is 84.9 Å². The standard InChI is InChI=1S/C26H23N3O3S/c1-32-21-14-12-20(13-15-21)29-25(22-16-33(31)17-23(22)28-29)27-26(30)24(18-8-4-2-5-9-18)19-10-6-3-7-11-19/h2-15,24H,16-17H2,1H3,(H,27,30)/t33-/m1/s1. The first kappa shape index (κ1) is 21.2. The zero-order valence-electron chi connectivity index (χ0n) is 18.1. The minimum Gasteiger partial charge on any atom is -0.497 e. The Hall–Kier alpha value is -3.71. The number of rotatable bonds is 6. The fourth-order valence-electron chi connectivity index (χ4n) is 4.14. The maximum absolute atomic E-state index is 13.7. The molecule has 6 nitrogen and oxygen atoms in total. The summed E-state index contributed by atoms with van der Waals surface area (Å²) in [5.41, 5.74) is 4.18. The molecule has 33 heavy (non-hydrogen) atoms. The van der Waals surface area contributed by atoms with Crippen molar-refractivity contribution >= 4 is 22.5 Å². The molecule has 0 unspecified atom stereocenters. The van der Waals surface area contributed by atoms with Crippen molar-refractivity contribution in [2.75, 3.05) is 12.4 Å². The molecule has 1 aromatic heterocycles. The lowest BCUT2D eigenvalue weighted by Gasteiger charge is -2.19. The quantitative estimate of drug-likeness (QED) is 0.465. The second-order valence-corrected chi connectivity index (χ2v) is 9.31. The lowest BCUT2D eigenvalue weighted by molar-refractivity contribution is -0.116. The Kier molecular flexibility index (Phi) is 5.79. The highest BCUT2D eigenvalue weighted by Gasteiger charge is 2.30. The molecule has 1 atom stereocenters. The van der Waals surface area contributed by atoms with Crippen molar-refractivity contribution in [2.24, 2.45) is 0 Å². The van der Waals surface area contributed by atoms with Crippen LogP contribution in [-0.4, -0.2) is 27.0 Å². The third-order valence-electron chi connectivity index (χ3n) is 5.76. The normalized spacial score (nSPS) is 14.8. The number of nitrogens with zero attached hydrogens (tertiary/aromatic N) is 2. The van der Waals surface area contributed by atoms with Crippen molar-refractivity contribution < 1.29 is 13.7 Å². The number of carbonyl (C=O) groups is 1. The third kappa shape index (κ3) is 4.19. The fourth-order valence-corrected chi connectivity index (χ4v) is 5.41. The zero-order valence-corrected chi connectivity index (χ0v) is 18.9. The molecule has 5 rings (SSSR count). The number of hydrogen-bond acceptors (Lipinski definition) is 4. The molecule has 0 saturated heterocycles. The van der Waals surface area contributed by atoms with E-state index in [0.29, 0.717) is 17.3 Å². The van der Waals surface area contributed by atoms with Crippen LogP contribution < -0.4 is 10.1 Å². The molecule has 1 aliphatic rings. The Morgan fingerprint density at radius 1 is 0.939 bits per heavy atom. The number of benzene rings is 3. The number of fused-ring (bicyclic) bond motifs is 1. The number of anilines is 1. The van der Waals surface area contributed by atoms with Crippen molar-refractivity contribution in [3.05, 3.63) is 107 Å². The first-order valence-electron chi connectivity index (χ1n) is 10.6. The topological polar surface area (TPSA) is 73.2 Å². The van der Waals surface area contributed by atoms with Crippen LogP contribution >= 0.6 is 0 Å². The van der Waals surface area contributed by atoms with Gasteiger partial charge in [-0.2, -0.15) is 5.10 Å². The molecule has 0 aliphatic carbocycles. The van der Waals surface area contributed by atoms with Gasteiger partial charge in [-0.3, -0.25) is 9.00 Å². The van der Waals surface area contributed by atoms with Gasteiger partial charge in [0.05, 0.1) is 35.9 Å². The molecule has 7 heteroatoms. The van der Waals surface area contributed by atoms with E-state index in [-0.39, 0.29) is 5.91 Å². The fraction of sp³-hybridized carbons (Fsp3) is 0.154. The lowest BCUT2D eigenvalue weighted by Crippen LogP contribution is -2.24. The maximum Gasteiger partial charge on any atom is 0.237 e. The Morgan fingerprint density at radius 2 is 1.55 bits per heavy atom. The number of methoxy groups -OCH3 is 1. The second kappa shape index (κ2) is 9.03. The molecule has 1 aliphatic heterocycles. The minimum absolute atomic E-state index is 0.164. The van der Waals surface area contributed by atoms with E-state index >= 15 is 0 Å². The van der Waals surface area contributed by atoms with E-state index in [0.717, 1.165) is 33.8 Å². The molecule has 1 amide bonds. The summed E-state index contributed by atoms with van der Waals surface area (Å²) in [6.45, 7) is 0. The van der Waals surface area contributed by atoms with Crippen LogP contribution in [0.15, 0.2) is 84.9 Å². The molecule has 166 valence electrons. The van der Waals surface area contributed by atoms with Crippen molar-refractivity contribution in [3.63, 3.8) is 0 Å². The van der Waals surface area contributed by atoms with Gasteiger partial charge >= 0.3 is 0 Å². The van der Waals surface area contributed by atoms with Gasteiger partial charge in [-0.15, -0.1) is 0 Å². The van der Waals surface area contributed by atoms with Gasteiger partial charge in [0.15, 0.2) is 0 Å². The number of amides is 1. The van der Waals surface area contributed by atoms with Crippen LogP contribution in [0.5, 0.6) is 5.75 Å². The largest absolute Gasteiger partial charge is 0.497 e. The minimum atomic E-state index is -1.01. The van der Waals surface area contributed by atoms with Crippen molar-refractivity contribution in [2.45, 2.75) is 17.4 Å². The van der Waals surface area contributed by atoms with Crippen LogP contribution in [-0.2, 0) is 27.1 Å². The van der Waals surface area contributed by atoms with Gasteiger partial charge in [-0.05, 0) is 35.4 Å². The predicted molar refractivity (Wildman–Crippen MR) is 129 cm³/mol. The van der Waals surface area contributed by atoms with Gasteiger partial charge in [0.25, 0.3) is 0 Å². The summed E-state index contributed by atoms with van der Waals surface area (Å²) < 4.78 is 19.2. The Bertz CT molecular complexity index is 1260. The van der Waals surface area contributed by atoms with Crippen LogP contribution in [0.1, 0.15) is 28.3 Å². The third-order valence-corrected chi connectivity index (χ3v) is 6.96. The van der Waals surface area contributed by atoms with Gasteiger partial charge in [-0.25, -0.2) is 4.68 Å². The predicted octanol–water partition coefficient (Wildman–Crippen LogP) is 4.41. The van der Waals surface area contributed by atoms with Gasteiger partial charge in [0, 0.05) is 16.4 Å². The van der Waals surface area contributed by atoms with E-state index in [4.69, 9.17) is 9.84 Å². The SMILES string of the molecule is COc1ccc(-n2nc3c(c2NC(=O)C(c2ccccc2)c2ccccc2)C[S@@](=O)C3)cc1. The average Bonchev–Trinajstić information content (AvgIpc) is 3.37. The Labute approximate surface area is 194 Å². The second-order valence-electron chi connectivity index (χ2n) is 7.86. The van der Waals surface area contributed by atoms with E-state index in [1.54, 1.807) is 11.8 Å². The Morgan fingerprint density at radius 3 is 2.12 bits per heavy atom. The van der Waals surface area contributed by atoms with Crippen LogP contribution in [0.2, 0.25) is 0 Å². The molecular weight excluding hydrogens is 434 g/mol. The van der Waals surface area contributed by atoms with Gasteiger partial charge < -0.3 is 10.1 Å². The molecule has 2 heterocycles. The number of nitrogens with one attached hydrogen (secondary N) is 1. The summed E-state index contributed by atoms with van der Waals surface area (Å²) in [6, 6.07) is 26.9. The van der Waals surface area contributed by atoms with Crippen LogP contribution in [0, 0.1) is 0 Å². The molecular formula is C26H23N3O3S. The highest BCUT2D eigenvalue weighted by atomic mass is 32.2. The maximum atomic E-state index is 13.7. The van der Waals surface area contributed by atoms with E-state index < -0.39 is 16.7 Å². The molecule has 0 fully saturated rings. The number of hydrogen-bond donors (Lipinski definition) is 1. The zero-order chi connectivity index (χ0) is 22.8. The molecule has 4 aromatic rings. The molecule has 3 aromatic carbocycles. The van der Waals surface area contributed by atoms with Crippen LogP contribution in [0.25, 0.3) is 5.69 Å². The summed E-state index contributed by atoms with van der Waals surface area (Å²) in [7, 11) is 0.604. The summed E-state index contributed by atoms with van der Waals surface area (Å²) >= 11 is 0. The van der Waals surface area contributed by atoms with Gasteiger partial charge in [-0.1, -0.05) is 60.7 Å². The van der Waals surface area contributed by atoms with Gasteiger partial charge in [0.2, 0.25) is 5.91 Å². The lowest BCUT2D eigenvalue weighted by atomic mass is 9.90. The highest BCUT2D eigenvalue weighted by molar-refractivity contribution is 7.83.